The minimum Gasteiger partial charge on any atom is -0.497 e. The molecule has 7 heteroatoms. The summed E-state index contributed by atoms with van der Waals surface area (Å²) in [4.78, 5) is 12.2. The van der Waals surface area contributed by atoms with E-state index in [1.54, 1.807) is 44.6 Å². The molecule has 130 valence electrons. The first-order valence-corrected chi connectivity index (χ1v) is 7.45. The van der Waals surface area contributed by atoms with Crippen LogP contribution in [0.3, 0.4) is 0 Å². The minimum atomic E-state index is -0.459. The molecule has 0 aliphatic rings. The van der Waals surface area contributed by atoms with Gasteiger partial charge in [0.15, 0.2) is 0 Å². The monoisotopic (exact) mass is 341 g/mol. The Morgan fingerprint density at radius 3 is 2.48 bits per heavy atom. The number of benzene rings is 2. The van der Waals surface area contributed by atoms with Crippen molar-refractivity contribution in [3.05, 3.63) is 47.5 Å². The lowest BCUT2D eigenvalue weighted by molar-refractivity contribution is 0.251. The molecule has 0 fully saturated rings. The maximum atomic E-state index is 12.2. The molecule has 2 N–H and O–H groups in total. The van der Waals surface area contributed by atoms with Crippen LogP contribution < -0.4 is 24.8 Å². The Bertz CT molecular complexity index is 799. The molecule has 0 unspecified atom stereocenters. The third-order valence-corrected chi connectivity index (χ3v) is 3.54. The van der Waals surface area contributed by atoms with Crippen LogP contribution in [0.1, 0.15) is 11.1 Å². The van der Waals surface area contributed by atoms with Gasteiger partial charge >= 0.3 is 6.03 Å². The van der Waals surface area contributed by atoms with Crippen LogP contribution in [-0.4, -0.2) is 27.4 Å². The molecule has 0 atom stereocenters. The number of carbonyl (C=O) groups is 1. The number of nitrogens with one attached hydrogen (secondary N) is 2. The van der Waals surface area contributed by atoms with Crippen LogP contribution in [0, 0.1) is 11.3 Å². The fourth-order valence-corrected chi connectivity index (χ4v) is 2.25. The number of para-hydroxylation sites is 1. The fraction of sp³-hybridized carbons (Fsp3) is 0.222. The number of urea groups is 1. The molecule has 2 aromatic rings. The number of amides is 2. The lowest BCUT2D eigenvalue weighted by Crippen LogP contribution is -2.28. The first-order chi connectivity index (χ1) is 12.1. The van der Waals surface area contributed by atoms with E-state index in [1.165, 1.54) is 7.11 Å². The summed E-state index contributed by atoms with van der Waals surface area (Å²) in [5.41, 5.74) is 1.43. The van der Waals surface area contributed by atoms with Gasteiger partial charge in [0, 0.05) is 18.2 Å². The third-order valence-electron chi connectivity index (χ3n) is 3.54. The van der Waals surface area contributed by atoms with Gasteiger partial charge in [-0.2, -0.15) is 5.26 Å². The average molecular weight is 341 g/mol. The SMILES string of the molecule is COc1ccc(CNC(=O)Nc2c(C#N)cccc2OC)c(OC)c1. The molecule has 0 bridgehead atoms. The average Bonchev–Trinajstić information content (AvgIpc) is 2.66. The van der Waals surface area contributed by atoms with Gasteiger partial charge in [0.25, 0.3) is 0 Å². The third kappa shape index (κ3) is 4.32. The van der Waals surface area contributed by atoms with Crippen LogP contribution >= 0.6 is 0 Å². The minimum absolute atomic E-state index is 0.246. The molecule has 25 heavy (non-hydrogen) atoms. The van der Waals surface area contributed by atoms with Gasteiger partial charge in [0.05, 0.1) is 26.9 Å². The van der Waals surface area contributed by atoms with Crippen LogP contribution in [-0.2, 0) is 6.54 Å². The molecule has 0 heterocycles. The largest absolute Gasteiger partial charge is 0.497 e. The highest BCUT2D eigenvalue weighted by atomic mass is 16.5. The number of nitrogens with zero attached hydrogens (tertiary/aromatic N) is 1. The summed E-state index contributed by atoms with van der Waals surface area (Å²) in [6.45, 7) is 0.246. The van der Waals surface area contributed by atoms with Crippen molar-refractivity contribution in [2.24, 2.45) is 0 Å². The number of anilines is 1. The highest BCUT2D eigenvalue weighted by Gasteiger charge is 2.13. The molecule has 0 aliphatic carbocycles. The van der Waals surface area contributed by atoms with E-state index in [9.17, 15) is 10.1 Å². The van der Waals surface area contributed by atoms with Crippen molar-refractivity contribution in [2.45, 2.75) is 6.54 Å². The number of nitriles is 1. The summed E-state index contributed by atoms with van der Waals surface area (Å²) < 4.78 is 15.6. The zero-order valence-corrected chi connectivity index (χ0v) is 14.3. The summed E-state index contributed by atoms with van der Waals surface area (Å²) in [6, 6.07) is 11.8. The number of carbonyl (C=O) groups excluding carboxylic acids is 1. The van der Waals surface area contributed by atoms with Gasteiger partial charge in [-0.25, -0.2) is 4.79 Å². The van der Waals surface area contributed by atoms with Gasteiger partial charge in [-0.3, -0.25) is 0 Å². The second-order valence-corrected chi connectivity index (χ2v) is 4.98. The number of rotatable bonds is 6. The predicted molar refractivity (Wildman–Crippen MR) is 93.1 cm³/mol. The summed E-state index contributed by atoms with van der Waals surface area (Å²) in [7, 11) is 4.59. The highest BCUT2D eigenvalue weighted by molar-refractivity contribution is 5.92. The van der Waals surface area contributed by atoms with Crippen molar-refractivity contribution < 1.29 is 19.0 Å². The van der Waals surface area contributed by atoms with Crippen molar-refractivity contribution in [1.82, 2.24) is 5.32 Å². The first kappa shape index (κ1) is 17.9. The van der Waals surface area contributed by atoms with Gasteiger partial charge in [0.2, 0.25) is 0 Å². The summed E-state index contributed by atoms with van der Waals surface area (Å²) in [5, 5.41) is 14.5. The zero-order valence-electron chi connectivity index (χ0n) is 14.3. The van der Waals surface area contributed by atoms with Crippen molar-refractivity contribution in [2.75, 3.05) is 26.6 Å². The van der Waals surface area contributed by atoms with Gasteiger partial charge in [-0.05, 0) is 24.3 Å². The number of ether oxygens (including phenoxy) is 3. The lowest BCUT2D eigenvalue weighted by atomic mass is 10.1. The Labute approximate surface area is 146 Å². The Morgan fingerprint density at radius 1 is 1.08 bits per heavy atom. The Kier molecular flexibility index (Phi) is 6.07. The zero-order chi connectivity index (χ0) is 18.2. The molecule has 7 nitrogen and oxygen atoms in total. The quantitative estimate of drug-likeness (QED) is 0.843. The molecule has 0 spiro atoms. The predicted octanol–water partition coefficient (Wildman–Crippen LogP) is 2.91. The van der Waals surface area contributed by atoms with E-state index >= 15 is 0 Å². The van der Waals surface area contributed by atoms with Gasteiger partial charge in [-0.1, -0.05) is 6.07 Å². The van der Waals surface area contributed by atoms with Crippen LogP contribution in [0.4, 0.5) is 10.5 Å². The maximum absolute atomic E-state index is 12.2. The fourth-order valence-electron chi connectivity index (χ4n) is 2.25. The smallest absolute Gasteiger partial charge is 0.319 e. The van der Waals surface area contributed by atoms with E-state index in [-0.39, 0.29) is 6.54 Å². The molecule has 0 radical (unpaired) electrons. The van der Waals surface area contributed by atoms with Gasteiger partial charge < -0.3 is 24.8 Å². The van der Waals surface area contributed by atoms with Crippen molar-refractivity contribution >= 4 is 11.7 Å². The highest BCUT2D eigenvalue weighted by Crippen LogP contribution is 2.28. The summed E-state index contributed by atoms with van der Waals surface area (Å²) in [6.07, 6.45) is 0. The van der Waals surface area contributed by atoms with Gasteiger partial charge in [-0.15, -0.1) is 0 Å². The van der Waals surface area contributed by atoms with Crippen LogP contribution in [0.5, 0.6) is 17.2 Å². The van der Waals surface area contributed by atoms with E-state index in [2.05, 4.69) is 10.6 Å². The molecular formula is C18H19N3O4. The van der Waals surface area contributed by atoms with Gasteiger partial charge in [0.1, 0.15) is 29.0 Å². The van der Waals surface area contributed by atoms with Crippen molar-refractivity contribution in [3.8, 4) is 23.3 Å². The molecule has 0 saturated heterocycles. The normalized spacial score (nSPS) is 9.68. The second-order valence-electron chi connectivity index (χ2n) is 4.98. The lowest BCUT2D eigenvalue weighted by Gasteiger charge is -2.14. The van der Waals surface area contributed by atoms with Crippen LogP contribution in [0.15, 0.2) is 36.4 Å². The Balaban J connectivity index is 2.09. The molecule has 0 aromatic heterocycles. The van der Waals surface area contributed by atoms with E-state index < -0.39 is 6.03 Å². The van der Waals surface area contributed by atoms with E-state index in [0.717, 1.165) is 5.56 Å². The van der Waals surface area contributed by atoms with E-state index in [4.69, 9.17) is 14.2 Å². The number of hydrogen-bond donors (Lipinski definition) is 2. The second kappa shape index (κ2) is 8.45. The van der Waals surface area contributed by atoms with Crippen LogP contribution in [0.25, 0.3) is 0 Å². The molecule has 2 aromatic carbocycles. The molecule has 2 rings (SSSR count). The van der Waals surface area contributed by atoms with Crippen molar-refractivity contribution in [1.29, 1.82) is 5.26 Å². The topological polar surface area (TPSA) is 92.6 Å². The summed E-state index contributed by atoms with van der Waals surface area (Å²) in [5.74, 6) is 1.68. The number of hydrogen-bond acceptors (Lipinski definition) is 5. The van der Waals surface area contributed by atoms with Crippen molar-refractivity contribution in [3.63, 3.8) is 0 Å². The first-order valence-electron chi connectivity index (χ1n) is 7.45. The molecular weight excluding hydrogens is 322 g/mol. The number of methoxy groups -OCH3 is 3. The Hall–Kier alpha value is -3.40. The standard InChI is InChI=1S/C18H19N3O4/c1-23-14-8-7-13(16(9-14)25-3)11-20-18(22)21-17-12(10-19)5-4-6-15(17)24-2/h4-9H,11H2,1-3H3,(H2,20,21,22). The van der Waals surface area contributed by atoms with E-state index in [0.29, 0.717) is 28.5 Å². The van der Waals surface area contributed by atoms with E-state index in [1.807, 2.05) is 12.1 Å². The maximum Gasteiger partial charge on any atom is 0.319 e. The molecule has 2 amide bonds. The summed E-state index contributed by atoms with van der Waals surface area (Å²) >= 11 is 0. The Morgan fingerprint density at radius 2 is 1.84 bits per heavy atom. The molecule has 0 saturated carbocycles. The molecule has 0 aliphatic heterocycles. The van der Waals surface area contributed by atoms with Crippen LogP contribution in [0.2, 0.25) is 0 Å².